The Kier molecular flexibility index (Phi) is 5.55. The van der Waals surface area contributed by atoms with Gasteiger partial charge in [0.25, 0.3) is 5.91 Å². The van der Waals surface area contributed by atoms with Crippen LogP contribution in [0.15, 0.2) is 41.8 Å². The Morgan fingerprint density at radius 1 is 1.07 bits per heavy atom. The largest absolute Gasteiger partial charge is 0.348 e. The van der Waals surface area contributed by atoms with E-state index in [1.807, 2.05) is 28.5 Å². The maximum absolute atomic E-state index is 12.6. The van der Waals surface area contributed by atoms with E-state index in [1.165, 1.54) is 22.5 Å². The van der Waals surface area contributed by atoms with E-state index in [4.69, 9.17) is 0 Å². The minimum Gasteiger partial charge on any atom is -0.348 e. The Morgan fingerprint density at radius 3 is 2.67 bits per heavy atom. The number of aryl methyl sites for hydroxylation is 1. The molecule has 1 aromatic carbocycles. The van der Waals surface area contributed by atoms with Crippen LogP contribution in [-0.4, -0.2) is 54.3 Å². The Hall–Kier alpha value is -2.18. The van der Waals surface area contributed by atoms with Crippen molar-refractivity contribution < 1.29 is 9.59 Å². The van der Waals surface area contributed by atoms with Crippen LogP contribution in [-0.2, 0) is 11.2 Å². The van der Waals surface area contributed by atoms with Gasteiger partial charge in [0.1, 0.15) is 0 Å². The zero-order valence-electron chi connectivity index (χ0n) is 15.4. The highest BCUT2D eigenvalue weighted by Gasteiger charge is 2.25. The molecule has 1 fully saturated rings. The average molecular weight is 384 g/mol. The number of nitrogens with one attached hydrogen (secondary N) is 1. The lowest BCUT2D eigenvalue weighted by atomic mass is 9.88. The van der Waals surface area contributed by atoms with Gasteiger partial charge in [-0.05, 0) is 41.8 Å². The molecule has 27 heavy (non-hydrogen) atoms. The Bertz CT molecular complexity index is 798. The van der Waals surface area contributed by atoms with Crippen molar-refractivity contribution in [3.05, 3.63) is 57.8 Å². The molecule has 6 heteroatoms. The monoisotopic (exact) mass is 383 g/mol. The standard InChI is InChI=1S/C21H25N3O2S/c25-20(22-18-8-3-6-16-5-1-2-7-17(16)18)15-23-10-12-24(13-11-23)21(26)19-9-4-14-27-19/h1-2,4-5,7,9,14,18H,3,6,8,10-13,15H2,(H,22,25)/t18-/m0/s1. The minimum absolute atomic E-state index is 0.0785. The lowest BCUT2D eigenvalue weighted by Gasteiger charge is -2.34. The number of hydrogen-bond acceptors (Lipinski definition) is 4. The van der Waals surface area contributed by atoms with Crippen molar-refractivity contribution in [2.75, 3.05) is 32.7 Å². The summed E-state index contributed by atoms with van der Waals surface area (Å²) in [5.74, 6) is 0.183. The van der Waals surface area contributed by atoms with Crippen molar-refractivity contribution in [1.29, 1.82) is 0 Å². The van der Waals surface area contributed by atoms with Crippen LogP contribution in [0.5, 0.6) is 0 Å². The molecule has 1 N–H and O–H groups in total. The van der Waals surface area contributed by atoms with Crippen molar-refractivity contribution in [3.8, 4) is 0 Å². The summed E-state index contributed by atoms with van der Waals surface area (Å²) in [6.45, 7) is 3.24. The molecule has 1 saturated heterocycles. The van der Waals surface area contributed by atoms with Crippen LogP contribution in [0.2, 0.25) is 0 Å². The van der Waals surface area contributed by atoms with Gasteiger partial charge < -0.3 is 10.2 Å². The third-order valence-electron chi connectivity index (χ3n) is 5.46. The summed E-state index contributed by atoms with van der Waals surface area (Å²) in [7, 11) is 0. The maximum Gasteiger partial charge on any atom is 0.264 e. The highest BCUT2D eigenvalue weighted by Crippen LogP contribution is 2.29. The molecule has 0 saturated carbocycles. The summed E-state index contributed by atoms with van der Waals surface area (Å²) >= 11 is 1.48. The van der Waals surface area contributed by atoms with E-state index in [2.05, 4.69) is 28.4 Å². The quantitative estimate of drug-likeness (QED) is 0.883. The number of rotatable bonds is 4. The Morgan fingerprint density at radius 2 is 1.89 bits per heavy atom. The highest BCUT2D eigenvalue weighted by molar-refractivity contribution is 7.12. The first kappa shape index (κ1) is 18.2. The summed E-state index contributed by atoms with van der Waals surface area (Å²) in [6.07, 6.45) is 3.22. The van der Waals surface area contributed by atoms with Crippen LogP contribution in [0.25, 0.3) is 0 Å². The average Bonchev–Trinajstić information content (AvgIpc) is 3.23. The van der Waals surface area contributed by atoms with E-state index in [1.54, 1.807) is 0 Å². The second-order valence-electron chi connectivity index (χ2n) is 7.26. The first-order valence-electron chi connectivity index (χ1n) is 9.63. The molecular weight excluding hydrogens is 358 g/mol. The van der Waals surface area contributed by atoms with Gasteiger partial charge in [-0.2, -0.15) is 0 Å². The summed E-state index contributed by atoms with van der Waals surface area (Å²) in [6, 6.07) is 12.3. The zero-order valence-corrected chi connectivity index (χ0v) is 16.2. The molecule has 2 amide bonds. The van der Waals surface area contributed by atoms with Crippen LogP contribution >= 0.6 is 11.3 Å². The Balaban J connectivity index is 1.27. The van der Waals surface area contributed by atoms with E-state index in [-0.39, 0.29) is 17.9 Å². The third kappa shape index (κ3) is 4.22. The predicted molar refractivity (Wildman–Crippen MR) is 107 cm³/mol. The van der Waals surface area contributed by atoms with Crippen LogP contribution < -0.4 is 5.32 Å². The number of nitrogens with zero attached hydrogens (tertiary/aromatic N) is 2. The first-order valence-corrected chi connectivity index (χ1v) is 10.5. The van der Waals surface area contributed by atoms with E-state index >= 15 is 0 Å². The van der Waals surface area contributed by atoms with Gasteiger partial charge in [0.15, 0.2) is 0 Å². The van der Waals surface area contributed by atoms with Crippen molar-refractivity contribution in [3.63, 3.8) is 0 Å². The van der Waals surface area contributed by atoms with Gasteiger partial charge in [0, 0.05) is 26.2 Å². The lowest BCUT2D eigenvalue weighted by molar-refractivity contribution is -0.123. The van der Waals surface area contributed by atoms with Crippen LogP contribution in [0.3, 0.4) is 0 Å². The molecule has 1 aliphatic carbocycles. The fraction of sp³-hybridized carbons (Fsp3) is 0.429. The van der Waals surface area contributed by atoms with Gasteiger partial charge in [-0.3, -0.25) is 14.5 Å². The molecule has 4 rings (SSSR count). The van der Waals surface area contributed by atoms with Crippen LogP contribution in [0.4, 0.5) is 0 Å². The van der Waals surface area contributed by atoms with Crippen LogP contribution in [0, 0.1) is 0 Å². The molecule has 0 spiro atoms. The number of fused-ring (bicyclic) bond motifs is 1. The fourth-order valence-corrected chi connectivity index (χ4v) is 4.70. The molecule has 2 aromatic rings. The number of amides is 2. The molecule has 142 valence electrons. The van der Waals surface area contributed by atoms with Gasteiger partial charge in [0.05, 0.1) is 17.5 Å². The number of carbonyl (C=O) groups is 2. The second-order valence-corrected chi connectivity index (χ2v) is 8.20. The van der Waals surface area contributed by atoms with Crippen molar-refractivity contribution in [1.82, 2.24) is 15.1 Å². The number of carbonyl (C=O) groups excluding carboxylic acids is 2. The number of benzene rings is 1. The molecule has 1 aliphatic heterocycles. The summed E-state index contributed by atoms with van der Waals surface area (Å²) < 4.78 is 0. The Labute approximate surface area is 164 Å². The van der Waals surface area contributed by atoms with Gasteiger partial charge >= 0.3 is 0 Å². The molecular formula is C21H25N3O2S. The predicted octanol–water partition coefficient (Wildman–Crippen LogP) is 2.70. The van der Waals surface area contributed by atoms with Crippen molar-refractivity contribution in [2.24, 2.45) is 0 Å². The fourth-order valence-electron chi connectivity index (χ4n) is 4.01. The van der Waals surface area contributed by atoms with E-state index < -0.39 is 0 Å². The third-order valence-corrected chi connectivity index (χ3v) is 6.32. The maximum atomic E-state index is 12.6. The highest BCUT2D eigenvalue weighted by atomic mass is 32.1. The summed E-state index contributed by atoms with van der Waals surface area (Å²) in [4.78, 5) is 29.8. The molecule has 0 unspecified atom stereocenters. The second kappa shape index (κ2) is 8.23. The zero-order chi connectivity index (χ0) is 18.6. The summed E-state index contributed by atoms with van der Waals surface area (Å²) in [5, 5.41) is 5.15. The molecule has 2 heterocycles. The van der Waals surface area contributed by atoms with Crippen molar-refractivity contribution >= 4 is 23.2 Å². The molecule has 5 nitrogen and oxygen atoms in total. The van der Waals surface area contributed by atoms with Crippen LogP contribution in [0.1, 0.15) is 39.7 Å². The van der Waals surface area contributed by atoms with Crippen molar-refractivity contribution in [2.45, 2.75) is 25.3 Å². The van der Waals surface area contributed by atoms with Gasteiger partial charge in [-0.15, -0.1) is 11.3 Å². The van der Waals surface area contributed by atoms with E-state index in [9.17, 15) is 9.59 Å². The van der Waals surface area contributed by atoms with E-state index in [0.29, 0.717) is 19.6 Å². The van der Waals surface area contributed by atoms with Gasteiger partial charge in [-0.1, -0.05) is 30.3 Å². The number of thiophene rings is 1. The SMILES string of the molecule is O=C(CN1CCN(C(=O)c2cccs2)CC1)N[C@H]1CCCc2ccccc21. The molecule has 1 atom stereocenters. The summed E-state index contributed by atoms with van der Waals surface area (Å²) in [5.41, 5.74) is 2.62. The number of piperazine rings is 1. The van der Waals surface area contributed by atoms with Gasteiger partial charge in [-0.25, -0.2) is 0 Å². The lowest BCUT2D eigenvalue weighted by Crippen LogP contribution is -2.51. The topological polar surface area (TPSA) is 52.7 Å². The minimum atomic E-state index is 0.0785. The van der Waals surface area contributed by atoms with Gasteiger partial charge in [0.2, 0.25) is 5.91 Å². The molecule has 0 radical (unpaired) electrons. The normalized spacial score (nSPS) is 20.1. The molecule has 1 aromatic heterocycles. The van der Waals surface area contributed by atoms with E-state index in [0.717, 1.165) is 37.2 Å². The molecule has 0 bridgehead atoms. The molecule has 2 aliphatic rings. The first-order chi connectivity index (χ1) is 13.2. The number of hydrogen-bond donors (Lipinski definition) is 1. The smallest absolute Gasteiger partial charge is 0.264 e.